The Labute approximate surface area is 146 Å². The minimum Gasteiger partial charge on any atom is -0.494 e. The normalized spacial score (nSPS) is 23.7. The fraction of sp³-hybridized carbons (Fsp3) is 0.667. The summed E-state index contributed by atoms with van der Waals surface area (Å²) in [5.74, 6) is 2.60. The Bertz CT molecular complexity index is 494. The first kappa shape index (κ1) is 18.8. The molecule has 0 aliphatic heterocycles. The predicted molar refractivity (Wildman–Crippen MR) is 97.4 cm³/mol. The van der Waals surface area contributed by atoms with Gasteiger partial charge in [0.2, 0.25) is 0 Å². The molecule has 3 heteroatoms. The summed E-state index contributed by atoms with van der Waals surface area (Å²) in [6.45, 7) is 7.04. The molecule has 0 radical (unpaired) electrons. The van der Waals surface area contributed by atoms with Gasteiger partial charge in [-0.15, -0.1) is 0 Å². The molecule has 0 N–H and O–H groups in total. The lowest BCUT2D eigenvalue weighted by Crippen LogP contribution is -2.32. The zero-order chi connectivity index (χ0) is 17.4. The third-order valence-corrected chi connectivity index (χ3v) is 5.15. The molecule has 1 fully saturated rings. The van der Waals surface area contributed by atoms with E-state index in [0.29, 0.717) is 18.3 Å². The van der Waals surface area contributed by atoms with Gasteiger partial charge in [-0.1, -0.05) is 39.5 Å². The average Bonchev–Trinajstić information content (AvgIpc) is 2.57. The number of esters is 1. The highest BCUT2D eigenvalue weighted by Gasteiger charge is 2.33. The van der Waals surface area contributed by atoms with Crippen LogP contribution in [-0.4, -0.2) is 12.6 Å². The summed E-state index contributed by atoms with van der Waals surface area (Å²) in [6.07, 6.45) is 8.54. The van der Waals surface area contributed by atoms with Gasteiger partial charge in [-0.25, -0.2) is 0 Å². The Balaban J connectivity index is 1.82. The molecule has 0 unspecified atom stereocenters. The van der Waals surface area contributed by atoms with Gasteiger partial charge in [0, 0.05) is 0 Å². The predicted octanol–water partition coefficient (Wildman–Crippen LogP) is 5.62. The zero-order valence-corrected chi connectivity index (χ0v) is 15.4. The minimum atomic E-state index is -0.0707. The number of carbonyl (C=O) groups is 1. The van der Waals surface area contributed by atoms with Crippen molar-refractivity contribution in [3.63, 3.8) is 0 Å². The van der Waals surface area contributed by atoms with E-state index in [-0.39, 0.29) is 11.9 Å². The second-order valence-electron chi connectivity index (χ2n) is 7.08. The first-order chi connectivity index (χ1) is 11.6. The molecule has 24 heavy (non-hydrogen) atoms. The molecule has 0 bridgehead atoms. The summed E-state index contributed by atoms with van der Waals surface area (Å²) in [5, 5.41) is 0. The van der Waals surface area contributed by atoms with Crippen molar-refractivity contribution in [3.05, 3.63) is 24.3 Å². The second kappa shape index (κ2) is 9.71. The molecule has 1 aromatic carbocycles. The van der Waals surface area contributed by atoms with Crippen LogP contribution < -0.4 is 9.47 Å². The van der Waals surface area contributed by atoms with E-state index in [2.05, 4.69) is 13.8 Å². The Kier molecular flexibility index (Phi) is 7.61. The number of ether oxygens (including phenoxy) is 2. The molecule has 134 valence electrons. The molecule has 1 aliphatic carbocycles. The van der Waals surface area contributed by atoms with Gasteiger partial charge in [-0.2, -0.15) is 0 Å². The Morgan fingerprint density at radius 3 is 2.42 bits per heavy atom. The maximum atomic E-state index is 12.5. The number of benzene rings is 1. The summed E-state index contributed by atoms with van der Waals surface area (Å²) >= 11 is 0. The lowest BCUT2D eigenvalue weighted by Gasteiger charge is -2.32. The van der Waals surface area contributed by atoms with Crippen molar-refractivity contribution in [2.24, 2.45) is 17.8 Å². The SMILES string of the molecule is CCCCC[C@H]1CC[C@@H](C(=O)Oc2ccc(OCC)cc2)[C@H](C)C1. The van der Waals surface area contributed by atoms with Crippen molar-refractivity contribution in [2.45, 2.75) is 65.7 Å². The monoisotopic (exact) mass is 332 g/mol. The highest BCUT2D eigenvalue weighted by molar-refractivity contribution is 5.75. The van der Waals surface area contributed by atoms with Crippen LogP contribution in [0.4, 0.5) is 0 Å². The second-order valence-corrected chi connectivity index (χ2v) is 7.08. The van der Waals surface area contributed by atoms with Crippen LogP contribution in [0.15, 0.2) is 24.3 Å². The Morgan fingerprint density at radius 2 is 1.79 bits per heavy atom. The van der Waals surface area contributed by atoms with Crippen molar-refractivity contribution < 1.29 is 14.3 Å². The summed E-state index contributed by atoms with van der Waals surface area (Å²) in [5.41, 5.74) is 0. The third-order valence-electron chi connectivity index (χ3n) is 5.15. The molecule has 1 aliphatic rings. The number of hydrogen-bond donors (Lipinski definition) is 0. The molecular weight excluding hydrogens is 300 g/mol. The van der Waals surface area contributed by atoms with Crippen molar-refractivity contribution in [1.29, 1.82) is 0 Å². The van der Waals surface area contributed by atoms with Gasteiger partial charge >= 0.3 is 5.97 Å². The minimum absolute atomic E-state index is 0.0407. The fourth-order valence-electron chi connectivity index (χ4n) is 3.77. The molecular formula is C21H32O3. The van der Waals surface area contributed by atoms with Crippen LogP contribution in [0.25, 0.3) is 0 Å². The lowest BCUT2D eigenvalue weighted by atomic mass is 9.73. The molecule has 3 atom stereocenters. The zero-order valence-electron chi connectivity index (χ0n) is 15.4. The average molecular weight is 332 g/mol. The first-order valence-corrected chi connectivity index (χ1v) is 9.58. The van der Waals surface area contributed by atoms with Gasteiger partial charge in [-0.05, 0) is 62.3 Å². The van der Waals surface area contributed by atoms with Gasteiger partial charge in [0.15, 0.2) is 0 Å². The van der Waals surface area contributed by atoms with Gasteiger partial charge in [-0.3, -0.25) is 4.79 Å². The maximum absolute atomic E-state index is 12.5. The van der Waals surface area contributed by atoms with Crippen LogP contribution in [0, 0.1) is 17.8 Å². The lowest BCUT2D eigenvalue weighted by molar-refractivity contribution is -0.142. The molecule has 3 nitrogen and oxygen atoms in total. The van der Waals surface area contributed by atoms with Crippen molar-refractivity contribution in [2.75, 3.05) is 6.61 Å². The molecule has 0 heterocycles. The van der Waals surface area contributed by atoms with Crippen molar-refractivity contribution in [1.82, 2.24) is 0 Å². The first-order valence-electron chi connectivity index (χ1n) is 9.58. The highest BCUT2D eigenvalue weighted by atomic mass is 16.5. The number of carbonyl (C=O) groups excluding carboxylic acids is 1. The van der Waals surface area contributed by atoms with Crippen LogP contribution in [-0.2, 0) is 4.79 Å². The number of hydrogen-bond acceptors (Lipinski definition) is 3. The van der Waals surface area contributed by atoms with Crippen LogP contribution in [0.3, 0.4) is 0 Å². The number of rotatable bonds is 8. The van der Waals surface area contributed by atoms with E-state index < -0.39 is 0 Å². The van der Waals surface area contributed by atoms with Crippen molar-refractivity contribution >= 4 is 5.97 Å². The molecule has 0 aromatic heterocycles. The van der Waals surface area contributed by atoms with E-state index in [1.807, 2.05) is 31.2 Å². The van der Waals surface area contributed by atoms with E-state index in [4.69, 9.17) is 9.47 Å². The van der Waals surface area contributed by atoms with Gasteiger partial charge in [0.1, 0.15) is 11.5 Å². The topological polar surface area (TPSA) is 35.5 Å². The van der Waals surface area contributed by atoms with E-state index in [9.17, 15) is 4.79 Å². The quantitative estimate of drug-likeness (QED) is 0.352. The molecule has 0 amide bonds. The van der Waals surface area contributed by atoms with Crippen LogP contribution in [0.2, 0.25) is 0 Å². The van der Waals surface area contributed by atoms with Crippen LogP contribution in [0.1, 0.15) is 65.7 Å². The highest BCUT2D eigenvalue weighted by Crippen LogP contribution is 2.37. The van der Waals surface area contributed by atoms with Crippen LogP contribution >= 0.6 is 0 Å². The fourth-order valence-corrected chi connectivity index (χ4v) is 3.77. The molecule has 0 spiro atoms. The van der Waals surface area contributed by atoms with E-state index in [0.717, 1.165) is 30.9 Å². The standard InChI is InChI=1S/C21H32O3/c1-4-6-7-8-17-9-14-20(16(3)15-17)21(22)24-19-12-10-18(11-13-19)23-5-2/h10-13,16-17,20H,4-9,14-15H2,1-3H3/t16-,17+,20-/m1/s1. The Hall–Kier alpha value is -1.51. The van der Waals surface area contributed by atoms with Gasteiger partial charge in [0.05, 0.1) is 12.5 Å². The van der Waals surface area contributed by atoms with Gasteiger partial charge in [0.25, 0.3) is 0 Å². The van der Waals surface area contributed by atoms with E-state index >= 15 is 0 Å². The smallest absolute Gasteiger partial charge is 0.314 e. The molecule has 0 saturated heterocycles. The third kappa shape index (κ3) is 5.54. The summed E-state index contributed by atoms with van der Waals surface area (Å²) in [7, 11) is 0. The van der Waals surface area contributed by atoms with E-state index in [1.54, 1.807) is 0 Å². The van der Waals surface area contributed by atoms with Crippen molar-refractivity contribution in [3.8, 4) is 11.5 Å². The summed E-state index contributed by atoms with van der Waals surface area (Å²) in [4.78, 5) is 12.5. The Morgan fingerprint density at radius 1 is 1.08 bits per heavy atom. The summed E-state index contributed by atoms with van der Waals surface area (Å²) < 4.78 is 11.0. The number of unbranched alkanes of at least 4 members (excludes halogenated alkanes) is 2. The maximum Gasteiger partial charge on any atom is 0.314 e. The largest absolute Gasteiger partial charge is 0.494 e. The van der Waals surface area contributed by atoms with E-state index in [1.165, 1.54) is 25.7 Å². The molecule has 1 saturated carbocycles. The molecule has 2 rings (SSSR count). The van der Waals surface area contributed by atoms with Gasteiger partial charge < -0.3 is 9.47 Å². The van der Waals surface area contributed by atoms with Crippen LogP contribution in [0.5, 0.6) is 11.5 Å². The summed E-state index contributed by atoms with van der Waals surface area (Å²) in [6, 6.07) is 7.31. The molecule has 1 aromatic rings.